The molecule has 68 valence electrons. The molecule has 0 aliphatic carbocycles. The third-order valence-electron chi connectivity index (χ3n) is 2.06. The molecule has 0 aromatic carbocycles. The van der Waals surface area contributed by atoms with Gasteiger partial charge in [0.1, 0.15) is 6.23 Å². The van der Waals surface area contributed by atoms with Crippen LogP contribution in [-0.2, 0) is 0 Å². The second-order valence-corrected chi connectivity index (χ2v) is 2.97. The Labute approximate surface area is 73.6 Å². The molecule has 1 fully saturated rings. The fraction of sp³-hybridized carbons (Fsp3) is 0.556. The molecule has 1 atom stereocenters. The highest BCUT2D eigenvalue weighted by Crippen LogP contribution is 2.07. The van der Waals surface area contributed by atoms with Crippen LogP contribution in [0.25, 0.3) is 0 Å². The van der Waals surface area contributed by atoms with E-state index in [0.717, 1.165) is 26.3 Å². The molecular weight excluding hydrogens is 152 g/mol. The lowest BCUT2D eigenvalue weighted by Crippen LogP contribution is -2.33. The quantitative estimate of drug-likeness (QED) is 0.610. The highest BCUT2D eigenvalue weighted by molar-refractivity contribution is 4.85. The second kappa shape index (κ2) is 4.40. The first-order valence-electron chi connectivity index (χ1n) is 4.16. The van der Waals surface area contributed by atoms with Crippen LogP contribution in [0.2, 0.25) is 0 Å². The van der Waals surface area contributed by atoms with Crippen LogP contribution in [0.4, 0.5) is 0 Å². The summed E-state index contributed by atoms with van der Waals surface area (Å²) in [5.74, 6) is 0. The zero-order valence-corrected chi connectivity index (χ0v) is 7.32. The number of rotatable bonds is 4. The zero-order valence-electron chi connectivity index (χ0n) is 7.32. The predicted octanol–water partition coefficient (Wildman–Crippen LogP) is 0.252. The minimum absolute atomic E-state index is 0.500. The van der Waals surface area contributed by atoms with E-state index in [1.165, 1.54) is 0 Å². The molecule has 0 bridgehead atoms. The van der Waals surface area contributed by atoms with Crippen LogP contribution in [0.5, 0.6) is 0 Å². The van der Waals surface area contributed by atoms with Crippen LogP contribution >= 0.6 is 0 Å². The van der Waals surface area contributed by atoms with Crippen LogP contribution in [-0.4, -0.2) is 47.4 Å². The summed E-state index contributed by atoms with van der Waals surface area (Å²) in [6, 6.07) is 0. The average molecular weight is 168 g/mol. The molecule has 3 nitrogen and oxygen atoms in total. The van der Waals surface area contributed by atoms with E-state index in [4.69, 9.17) is 0 Å². The van der Waals surface area contributed by atoms with Gasteiger partial charge in [0.25, 0.3) is 0 Å². The monoisotopic (exact) mass is 168 g/mol. The van der Waals surface area contributed by atoms with Crippen molar-refractivity contribution >= 4 is 0 Å². The van der Waals surface area contributed by atoms with E-state index in [1.807, 2.05) is 11.0 Å². The fourth-order valence-corrected chi connectivity index (χ4v) is 1.36. The molecule has 0 amide bonds. The Morgan fingerprint density at radius 2 is 2.17 bits per heavy atom. The van der Waals surface area contributed by atoms with Crippen molar-refractivity contribution in [1.29, 1.82) is 0 Å². The fourth-order valence-electron chi connectivity index (χ4n) is 1.36. The smallest absolute Gasteiger partial charge is 0.127 e. The molecule has 0 spiro atoms. The van der Waals surface area contributed by atoms with Gasteiger partial charge >= 0.3 is 0 Å². The molecule has 1 aliphatic heterocycles. The van der Waals surface area contributed by atoms with Gasteiger partial charge in [-0.2, -0.15) is 0 Å². The molecule has 0 saturated carbocycles. The SMILES string of the molecule is C=CCN1CCN(C(O)C=C)C1. The summed E-state index contributed by atoms with van der Waals surface area (Å²) in [6.45, 7) is 10.8. The van der Waals surface area contributed by atoms with E-state index in [1.54, 1.807) is 6.08 Å². The van der Waals surface area contributed by atoms with Gasteiger partial charge in [0.15, 0.2) is 0 Å². The van der Waals surface area contributed by atoms with Crippen LogP contribution in [0.3, 0.4) is 0 Å². The molecule has 1 saturated heterocycles. The average Bonchev–Trinajstić information content (AvgIpc) is 2.52. The highest BCUT2D eigenvalue weighted by atomic mass is 16.3. The third-order valence-corrected chi connectivity index (χ3v) is 2.06. The van der Waals surface area contributed by atoms with E-state index < -0.39 is 6.23 Å². The molecular formula is C9H16N2O. The Balaban J connectivity index is 2.34. The number of aliphatic hydroxyl groups is 1. The van der Waals surface area contributed by atoms with Crippen molar-refractivity contribution in [2.45, 2.75) is 6.23 Å². The summed E-state index contributed by atoms with van der Waals surface area (Å²) in [7, 11) is 0. The molecule has 0 aromatic rings. The van der Waals surface area contributed by atoms with Crippen molar-refractivity contribution in [3.8, 4) is 0 Å². The van der Waals surface area contributed by atoms with E-state index in [0.29, 0.717) is 0 Å². The molecule has 1 aliphatic rings. The topological polar surface area (TPSA) is 26.7 Å². The first-order chi connectivity index (χ1) is 5.77. The van der Waals surface area contributed by atoms with Crippen molar-refractivity contribution in [2.24, 2.45) is 0 Å². The predicted molar refractivity (Wildman–Crippen MR) is 49.5 cm³/mol. The number of aliphatic hydroxyl groups excluding tert-OH is 1. The van der Waals surface area contributed by atoms with Crippen molar-refractivity contribution < 1.29 is 5.11 Å². The Morgan fingerprint density at radius 3 is 2.75 bits per heavy atom. The van der Waals surface area contributed by atoms with Crippen molar-refractivity contribution in [3.05, 3.63) is 25.3 Å². The molecule has 1 heterocycles. The Bertz CT molecular complexity index is 170. The first kappa shape index (κ1) is 9.45. The summed E-state index contributed by atoms with van der Waals surface area (Å²) in [5.41, 5.74) is 0. The summed E-state index contributed by atoms with van der Waals surface area (Å²) in [4.78, 5) is 4.19. The van der Waals surface area contributed by atoms with Gasteiger partial charge in [-0.05, 0) is 6.08 Å². The summed E-state index contributed by atoms with van der Waals surface area (Å²) in [5, 5.41) is 9.40. The van der Waals surface area contributed by atoms with Gasteiger partial charge < -0.3 is 5.11 Å². The van der Waals surface area contributed by atoms with Crippen LogP contribution < -0.4 is 0 Å². The van der Waals surface area contributed by atoms with Crippen molar-refractivity contribution in [3.63, 3.8) is 0 Å². The Kier molecular flexibility index (Phi) is 3.47. The molecule has 0 radical (unpaired) electrons. The third kappa shape index (κ3) is 2.17. The van der Waals surface area contributed by atoms with Gasteiger partial charge in [0, 0.05) is 19.6 Å². The number of hydrogen-bond acceptors (Lipinski definition) is 3. The maximum absolute atomic E-state index is 9.40. The molecule has 1 N–H and O–H groups in total. The van der Waals surface area contributed by atoms with Gasteiger partial charge in [-0.1, -0.05) is 12.7 Å². The zero-order chi connectivity index (χ0) is 8.97. The van der Waals surface area contributed by atoms with Crippen LogP contribution in [0.1, 0.15) is 0 Å². The molecule has 12 heavy (non-hydrogen) atoms. The number of hydrogen-bond donors (Lipinski definition) is 1. The summed E-state index contributed by atoms with van der Waals surface area (Å²) in [6.07, 6.45) is 2.93. The summed E-state index contributed by atoms with van der Waals surface area (Å²) >= 11 is 0. The lowest BCUT2D eigenvalue weighted by atomic mass is 10.5. The minimum Gasteiger partial charge on any atom is -0.375 e. The van der Waals surface area contributed by atoms with E-state index in [2.05, 4.69) is 18.1 Å². The molecule has 1 rings (SSSR count). The van der Waals surface area contributed by atoms with Crippen LogP contribution in [0, 0.1) is 0 Å². The molecule has 3 heteroatoms. The van der Waals surface area contributed by atoms with Crippen molar-refractivity contribution in [2.75, 3.05) is 26.3 Å². The first-order valence-corrected chi connectivity index (χ1v) is 4.16. The van der Waals surface area contributed by atoms with E-state index in [9.17, 15) is 5.11 Å². The van der Waals surface area contributed by atoms with Crippen LogP contribution in [0.15, 0.2) is 25.3 Å². The Morgan fingerprint density at radius 1 is 1.42 bits per heavy atom. The summed E-state index contributed by atoms with van der Waals surface area (Å²) < 4.78 is 0. The highest BCUT2D eigenvalue weighted by Gasteiger charge is 2.22. The Hall–Kier alpha value is -0.640. The van der Waals surface area contributed by atoms with E-state index >= 15 is 0 Å². The maximum Gasteiger partial charge on any atom is 0.127 e. The largest absolute Gasteiger partial charge is 0.375 e. The normalized spacial score (nSPS) is 22.4. The van der Waals surface area contributed by atoms with E-state index in [-0.39, 0.29) is 0 Å². The maximum atomic E-state index is 9.40. The van der Waals surface area contributed by atoms with Gasteiger partial charge in [-0.15, -0.1) is 6.58 Å². The second-order valence-electron chi connectivity index (χ2n) is 2.97. The standard InChI is InChI=1S/C9H16N2O/c1-3-5-10-6-7-11(8-10)9(12)4-2/h3-4,9,12H,1-2,5-8H2. The van der Waals surface area contributed by atoms with Gasteiger partial charge in [-0.3, -0.25) is 9.80 Å². The lowest BCUT2D eigenvalue weighted by molar-refractivity contribution is 0.0491. The lowest BCUT2D eigenvalue weighted by Gasteiger charge is -2.19. The molecule has 1 unspecified atom stereocenters. The van der Waals surface area contributed by atoms with Gasteiger partial charge in [0.05, 0.1) is 6.67 Å². The minimum atomic E-state index is -0.500. The van der Waals surface area contributed by atoms with Gasteiger partial charge in [-0.25, -0.2) is 0 Å². The van der Waals surface area contributed by atoms with Gasteiger partial charge in [0.2, 0.25) is 0 Å². The molecule has 0 aromatic heterocycles. The van der Waals surface area contributed by atoms with Crippen molar-refractivity contribution in [1.82, 2.24) is 9.80 Å². The number of nitrogens with zero attached hydrogens (tertiary/aromatic N) is 2.